The number of fused-ring (bicyclic) bond motifs is 3. The van der Waals surface area contributed by atoms with Crippen LogP contribution in [-0.2, 0) is 0 Å². The Kier molecular flexibility index (Phi) is 3.28. The molecule has 2 heterocycles. The minimum Gasteiger partial charge on any atom is -0.469 e. The zero-order valence-corrected chi connectivity index (χ0v) is 13.5. The van der Waals surface area contributed by atoms with Crippen LogP contribution >= 0.6 is 23.2 Å². The summed E-state index contributed by atoms with van der Waals surface area (Å²) in [6.45, 7) is 2.01. The molecule has 112 valence electrons. The van der Waals surface area contributed by atoms with E-state index in [0.29, 0.717) is 0 Å². The quantitative estimate of drug-likeness (QED) is 0.743. The van der Waals surface area contributed by atoms with Gasteiger partial charge in [-0.2, -0.15) is 5.10 Å². The van der Waals surface area contributed by atoms with Gasteiger partial charge in [0.05, 0.1) is 11.8 Å². The standard InChI is InChI=1S/C17H14Cl2N2O/c1-10-21-16(14-8-13(19)6-7-17(14)22-10)9-15(20-21)11-2-4-12(18)5-3-11/h2-8,10,16H,9H2,1H3/t10-,16+/m1/s1. The average Bonchev–Trinajstić information content (AvgIpc) is 2.95. The van der Waals surface area contributed by atoms with Gasteiger partial charge in [0.2, 0.25) is 0 Å². The molecule has 22 heavy (non-hydrogen) atoms. The third-order valence-electron chi connectivity index (χ3n) is 4.12. The Balaban J connectivity index is 1.72. The van der Waals surface area contributed by atoms with Crippen LogP contribution in [0.25, 0.3) is 0 Å². The molecule has 0 bridgehead atoms. The highest BCUT2D eigenvalue weighted by Crippen LogP contribution is 2.43. The van der Waals surface area contributed by atoms with E-state index in [0.717, 1.165) is 39.1 Å². The Morgan fingerprint density at radius 3 is 2.59 bits per heavy atom. The van der Waals surface area contributed by atoms with Gasteiger partial charge in [-0.3, -0.25) is 5.01 Å². The first kappa shape index (κ1) is 13.9. The smallest absolute Gasteiger partial charge is 0.185 e. The van der Waals surface area contributed by atoms with Gasteiger partial charge < -0.3 is 4.74 Å². The Morgan fingerprint density at radius 1 is 1.09 bits per heavy atom. The second-order valence-corrected chi connectivity index (χ2v) is 6.43. The molecule has 2 aromatic carbocycles. The largest absolute Gasteiger partial charge is 0.469 e. The lowest BCUT2D eigenvalue weighted by Gasteiger charge is -2.36. The van der Waals surface area contributed by atoms with Gasteiger partial charge in [0.15, 0.2) is 6.23 Å². The van der Waals surface area contributed by atoms with Gasteiger partial charge in [0.25, 0.3) is 0 Å². The fourth-order valence-corrected chi connectivity index (χ4v) is 3.36. The molecule has 0 saturated carbocycles. The van der Waals surface area contributed by atoms with Crippen LogP contribution in [0.1, 0.15) is 30.5 Å². The zero-order valence-electron chi connectivity index (χ0n) is 12.0. The second-order valence-electron chi connectivity index (χ2n) is 5.55. The van der Waals surface area contributed by atoms with Gasteiger partial charge >= 0.3 is 0 Å². The van der Waals surface area contributed by atoms with Crippen LogP contribution in [-0.4, -0.2) is 16.9 Å². The van der Waals surface area contributed by atoms with Crippen LogP contribution < -0.4 is 4.74 Å². The summed E-state index contributed by atoms with van der Waals surface area (Å²) in [7, 11) is 0. The summed E-state index contributed by atoms with van der Waals surface area (Å²) in [5.41, 5.74) is 3.23. The summed E-state index contributed by atoms with van der Waals surface area (Å²) < 4.78 is 5.94. The zero-order chi connectivity index (χ0) is 15.3. The van der Waals surface area contributed by atoms with Crippen molar-refractivity contribution in [3.63, 3.8) is 0 Å². The summed E-state index contributed by atoms with van der Waals surface area (Å²) in [6.07, 6.45) is 0.742. The van der Waals surface area contributed by atoms with Gasteiger partial charge in [0, 0.05) is 22.0 Å². The van der Waals surface area contributed by atoms with Crippen molar-refractivity contribution in [1.29, 1.82) is 0 Å². The van der Waals surface area contributed by atoms with Gasteiger partial charge in [-0.15, -0.1) is 0 Å². The van der Waals surface area contributed by atoms with E-state index in [9.17, 15) is 0 Å². The fraction of sp³-hybridized carbons (Fsp3) is 0.235. The normalized spacial score (nSPS) is 22.7. The number of hydrogen-bond donors (Lipinski definition) is 0. The Labute approximate surface area is 139 Å². The van der Waals surface area contributed by atoms with E-state index >= 15 is 0 Å². The first-order valence-electron chi connectivity index (χ1n) is 7.20. The van der Waals surface area contributed by atoms with Crippen molar-refractivity contribution in [2.45, 2.75) is 25.6 Å². The molecule has 2 atom stereocenters. The van der Waals surface area contributed by atoms with Crippen molar-refractivity contribution in [2.24, 2.45) is 5.10 Å². The Hall–Kier alpha value is -1.71. The van der Waals surface area contributed by atoms with Gasteiger partial charge in [-0.25, -0.2) is 0 Å². The van der Waals surface area contributed by atoms with Crippen LogP contribution in [0.15, 0.2) is 47.6 Å². The number of halogens is 2. The van der Waals surface area contributed by atoms with Crippen LogP contribution in [0, 0.1) is 0 Å². The highest BCUT2D eigenvalue weighted by molar-refractivity contribution is 6.31. The second kappa shape index (κ2) is 5.18. The van der Waals surface area contributed by atoms with Crippen LogP contribution in [0.2, 0.25) is 10.0 Å². The van der Waals surface area contributed by atoms with Gasteiger partial charge in [-0.1, -0.05) is 35.3 Å². The van der Waals surface area contributed by atoms with Crippen molar-refractivity contribution in [3.05, 3.63) is 63.6 Å². The molecule has 0 amide bonds. The number of nitrogens with zero attached hydrogens (tertiary/aromatic N) is 2. The Morgan fingerprint density at radius 2 is 1.82 bits per heavy atom. The van der Waals surface area contributed by atoms with E-state index < -0.39 is 0 Å². The van der Waals surface area contributed by atoms with Crippen molar-refractivity contribution in [3.8, 4) is 5.75 Å². The van der Waals surface area contributed by atoms with E-state index in [-0.39, 0.29) is 12.3 Å². The molecule has 2 aliphatic rings. The topological polar surface area (TPSA) is 24.8 Å². The SMILES string of the molecule is C[C@H]1Oc2ccc(Cl)cc2[C@@H]2CC(c3ccc(Cl)cc3)=NN12. The molecule has 0 fully saturated rings. The van der Waals surface area contributed by atoms with Crippen molar-refractivity contribution in [1.82, 2.24) is 5.01 Å². The van der Waals surface area contributed by atoms with Crippen LogP contribution in [0.5, 0.6) is 5.75 Å². The van der Waals surface area contributed by atoms with Gasteiger partial charge in [0.1, 0.15) is 5.75 Å². The lowest BCUT2D eigenvalue weighted by atomic mass is 9.97. The van der Waals surface area contributed by atoms with E-state index in [4.69, 9.17) is 33.0 Å². The molecule has 0 unspecified atom stereocenters. The third kappa shape index (κ3) is 2.25. The number of ether oxygens (including phenoxy) is 1. The number of rotatable bonds is 1. The molecule has 0 spiro atoms. The molecule has 4 rings (SSSR count). The highest BCUT2D eigenvalue weighted by Gasteiger charge is 2.38. The van der Waals surface area contributed by atoms with E-state index in [1.807, 2.05) is 54.4 Å². The third-order valence-corrected chi connectivity index (χ3v) is 4.61. The number of hydrogen-bond acceptors (Lipinski definition) is 3. The van der Waals surface area contributed by atoms with E-state index in [1.165, 1.54) is 0 Å². The summed E-state index contributed by atoms with van der Waals surface area (Å²) in [5, 5.41) is 8.22. The lowest BCUT2D eigenvalue weighted by Crippen LogP contribution is -2.37. The maximum absolute atomic E-state index is 6.15. The summed E-state index contributed by atoms with van der Waals surface area (Å²) >= 11 is 12.1. The van der Waals surface area contributed by atoms with E-state index in [1.54, 1.807) is 0 Å². The molecular formula is C17H14Cl2N2O. The summed E-state index contributed by atoms with van der Waals surface area (Å²) in [6, 6.07) is 13.7. The molecule has 5 heteroatoms. The fourth-order valence-electron chi connectivity index (χ4n) is 3.06. The van der Waals surface area contributed by atoms with Gasteiger partial charge in [-0.05, 0) is 42.8 Å². The highest BCUT2D eigenvalue weighted by atomic mass is 35.5. The maximum atomic E-state index is 6.15. The molecule has 0 saturated heterocycles. The van der Waals surface area contributed by atoms with Crippen LogP contribution in [0.3, 0.4) is 0 Å². The maximum Gasteiger partial charge on any atom is 0.185 e. The average molecular weight is 333 g/mol. The molecule has 3 nitrogen and oxygen atoms in total. The molecule has 0 aromatic heterocycles. The first-order valence-corrected chi connectivity index (χ1v) is 7.95. The summed E-state index contributed by atoms with van der Waals surface area (Å²) in [5.74, 6) is 0.894. The van der Waals surface area contributed by atoms with Crippen LogP contribution in [0.4, 0.5) is 0 Å². The molecular weight excluding hydrogens is 319 g/mol. The predicted octanol–water partition coefficient (Wildman–Crippen LogP) is 4.88. The predicted molar refractivity (Wildman–Crippen MR) is 88.7 cm³/mol. The first-order chi connectivity index (χ1) is 10.6. The molecule has 0 radical (unpaired) electrons. The van der Waals surface area contributed by atoms with E-state index in [2.05, 4.69) is 0 Å². The lowest BCUT2D eigenvalue weighted by molar-refractivity contribution is -0.00334. The van der Waals surface area contributed by atoms with Crippen molar-refractivity contribution >= 4 is 28.9 Å². The molecule has 0 aliphatic carbocycles. The molecule has 2 aromatic rings. The van der Waals surface area contributed by atoms with Crippen molar-refractivity contribution in [2.75, 3.05) is 0 Å². The van der Waals surface area contributed by atoms with Crippen molar-refractivity contribution < 1.29 is 4.74 Å². The number of hydrazone groups is 1. The number of benzene rings is 2. The minimum absolute atomic E-state index is 0.0940. The molecule has 2 aliphatic heterocycles. The minimum atomic E-state index is -0.0940. The Bertz CT molecular complexity index is 758. The summed E-state index contributed by atoms with van der Waals surface area (Å²) in [4.78, 5) is 0. The monoisotopic (exact) mass is 332 g/mol. The molecule has 0 N–H and O–H groups in total.